The highest BCUT2D eigenvalue weighted by molar-refractivity contribution is 14.0. The van der Waals surface area contributed by atoms with Crippen molar-refractivity contribution in [3.05, 3.63) is 35.9 Å². The summed E-state index contributed by atoms with van der Waals surface area (Å²) in [5.74, 6) is 0.868. The summed E-state index contributed by atoms with van der Waals surface area (Å²) in [4.78, 5) is 7.22. The lowest BCUT2D eigenvalue weighted by atomic mass is 10.1. The second-order valence-corrected chi connectivity index (χ2v) is 6.18. The number of methoxy groups -OCH3 is 1. The van der Waals surface area contributed by atoms with Crippen molar-refractivity contribution in [2.45, 2.75) is 32.3 Å². The predicted octanol–water partition coefficient (Wildman–Crippen LogP) is 3.03. The molecule has 1 fully saturated rings. The maximum atomic E-state index is 5.59. The molecule has 1 aliphatic rings. The largest absolute Gasteiger partial charge is 0.375 e. The molecule has 0 radical (unpaired) electrons. The molecule has 0 spiro atoms. The Morgan fingerprint density at radius 2 is 1.88 bits per heavy atom. The Kier molecular flexibility index (Phi) is 11.9. The molecular formula is C19H33IN4O. The van der Waals surface area contributed by atoms with E-state index in [0.29, 0.717) is 6.54 Å². The van der Waals surface area contributed by atoms with Gasteiger partial charge in [0.2, 0.25) is 0 Å². The second kappa shape index (κ2) is 13.4. The van der Waals surface area contributed by atoms with Crippen LogP contribution < -0.4 is 10.6 Å². The fourth-order valence-electron chi connectivity index (χ4n) is 3.02. The fraction of sp³-hybridized carbons (Fsp3) is 0.632. The number of piperidine rings is 1. The molecule has 25 heavy (non-hydrogen) atoms. The number of hydrogen-bond acceptors (Lipinski definition) is 3. The normalized spacial score (nSPS) is 16.8. The van der Waals surface area contributed by atoms with Crippen LogP contribution in [-0.2, 0) is 4.74 Å². The number of likely N-dealkylation sites (tertiary alicyclic amines) is 1. The zero-order valence-electron chi connectivity index (χ0n) is 15.5. The van der Waals surface area contributed by atoms with Crippen molar-refractivity contribution < 1.29 is 4.74 Å². The van der Waals surface area contributed by atoms with Crippen molar-refractivity contribution in [1.29, 1.82) is 0 Å². The third-order valence-corrected chi connectivity index (χ3v) is 4.38. The lowest BCUT2D eigenvalue weighted by Gasteiger charge is -2.26. The molecule has 6 heteroatoms. The summed E-state index contributed by atoms with van der Waals surface area (Å²) >= 11 is 0. The molecule has 1 heterocycles. The monoisotopic (exact) mass is 460 g/mol. The fourth-order valence-corrected chi connectivity index (χ4v) is 3.02. The van der Waals surface area contributed by atoms with Gasteiger partial charge in [-0.3, -0.25) is 4.99 Å². The van der Waals surface area contributed by atoms with E-state index in [2.05, 4.69) is 34.6 Å². The minimum absolute atomic E-state index is 0. The molecule has 1 unspecified atom stereocenters. The van der Waals surface area contributed by atoms with Gasteiger partial charge in [-0.15, -0.1) is 24.0 Å². The number of nitrogens with zero attached hydrogens (tertiary/aromatic N) is 2. The van der Waals surface area contributed by atoms with Crippen LogP contribution in [0.3, 0.4) is 0 Å². The van der Waals surface area contributed by atoms with E-state index in [1.807, 2.05) is 18.2 Å². The van der Waals surface area contributed by atoms with Crippen LogP contribution >= 0.6 is 24.0 Å². The number of hydrogen-bond donors (Lipinski definition) is 2. The summed E-state index contributed by atoms with van der Waals surface area (Å²) in [6.07, 6.45) is 4.04. The van der Waals surface area contributed by atoms with E-state index in [1.54, 1.807) is 7.11 Å². The molecule has 1 atom stereocenters. The van der Waals surface area contributed by atoms with Crippen molar-refractivity contribution >= 4 is 29.9 Å². The van der Waals surface area contributed by atoms with Gasteiger partial charge < -0.3 is 20.3 Å². The third kappa shape index (κ3) is 8.37. The van der Waals surface area contributed by atoms with E-state index in [4.69, 9.17) is 9.73 Å². The van der Waals surface area contributed by atoms with Crippen LogP contribution in [0.4, 0.5) is 0 Å². The summed E-state index contributed by atoms with van der Waals surface area (Å²) in [5, 5.41) is 6.76. The molecule has 1 aromatic carbocycles. The molecule has 0 aliphatic carbocycles. The van der Waals surface area contributed by atoms with Crippen LogP contribution in [0.15, 0.2) is 35.3 Å². The summed E-state index contributed by atoms with van der Waals surface area (Å²) in [6, 6.07) is 10.3. The van der Waals surface area contributed by atoms with Gasteiger partial charge in [0.05, 0.1) is 6.54 Å². The number of aliphatic imine (C=N–C) groups is 1. The molecule has 2 rings (SSSR count). The van der Waals surface area contributed by atoms with Crippen molar-refractivity contribution in [3.63, 3.8) is 0 Å². The minimum Gasteiger partial charge on any atom is -0.375 e. The maximum absolute atomic E-state index is 5.59. The van der Waals surface area contributed by atoms with E-state index < -0.39 is 0 Å². The first-order valence-corrected chi connectivity index (χ1v) is 9.15. The number of ether oxygens (including phenoxy) is 1. The van der Waals surface area contributed by atoms with E-state index in [-0.39, 0.29) is 30.1 Å². The van der Waals surface area contributed by atoms with Crippen LogP contribution in [0.2, 0.25) is 0 Å². The van der Waals surface area contributed by atoms with E-state index >= 15 is 0 Å². The van der Waals surface area contributed by atoms with Gasteiger partial charge in [0.1, 0.15) is 6.10 Å². The smallest absolute Gasteiger partial charge is 0.191 e. The molecule has 1 saturated heterocycles. The topological polar surface area (TPSA) is 48.9 Å². The Hall–Kier alpha value is -0.860. The first kappa shape index (κ1) is 22.2. The highest BCUT2D eigenvalue weighted by Crippen LogP contribution is 2.16. The zero-order chi connectivity index (χ0) is 17.0. The van der Waals surface area contributed by atoms with Crippen LogP contribution in [0.1, 0.15) is 37.9 Å². The zero-order valence-corrected chi connectivity index (χ0v) is 17.9. The van der Waals surface area contributed by atoms with Crippen LogP contribution in [0, 0.1) is 0 Å². The first-order chi connectivity index (χ1) is 11.8. The Bertz CT molecular complexity index is 478. The van der Waals surface area contributed by atoms with Gasteiger partial charge in [0.15, 0.2) is 5.96 Å². The van der Waals surface area contributed by atoms with Gasteiger partial charge in [0.25, 0.3) is 0 Å². The Labute approximate surface area is 169 Å². The van der Waals surface area contributed by atoms with Crippen LogP contribution in [0.5, 0.6) is 0 Å². The number of benzene rings is 1. The van der Waals surface area contributed by atoms with Crippen LogP contribution in [0.25, 0.3) is 0 Å². The Morgan fingerprint density at radius 3 is 2.52 bits per heavy atom. The van der Waals surface area contributed by atoms with Crippen molar-refractivity contribution in [2.24, 2.45) is 4.99 Å². The van der Waals surface area contributed by atoms with Gasteiger partial charge in [-0.2, -0.15) is 0 Å². The number of rotatable bonds is 8. The molecular weight excluding hydrogens is 427 g/mol. The number of guanidine groups is 1. The van der Waals surface area contributed by atoms with Crippen molar-refractivity contribution in [2.75, 3.05) is 46.4 Å². The standard InChI is InChI=1S/C19H32N4O.HI/c1-3-20-19(21-12-15-23-13-8-5-9-14-23)22-16-18(24-2)17-10-6-4-7-11-17;/h4,6-7,10-11,18H,3,5,8-9,12-16H2,1-2H3,(H2,20,21,22);1H. The van der Waals surface area contributed by atoms with Crippen LogP contribution in [-0.4, -0.2) is 57.2 Å². The summed E-state index contributed by atoms with van der Waals surface area (Å²) in [6.45, 7) is 8.03. The highest BCUT2D eigenvalue weighted by Gasteiger charge is 2.11. The lowest BCUT2D eigenvalue weighted by molar-refractivity contribution is 0.111. The van der Waals surface area contributed by atoms with Gasteiger partial charge >= 0.3 is 0 Å². The predicted molar refractivity (Wildman–Crippen MR) is 116 cm³/mol. The van der Waals surface area contributed by atoms with E-state index in [0.717, 1.165) is 31.2 Å². The first-order valence-electron chi connectivity index (χ1n) is 9.15. The van der Waals surface area contributed by atoms with Crippen molar-refractivity contribution in [1.82, 2.24) is 15.5 Å². The Balaban J connectivity index is 0.00000312. The van der Waals surface area contributed by atoms with Gasteiger partial charge in [-0.05, 0) is 38.4 Å². The van der Waals surface area contributed by atoms with E-state index in [1.165, 1.54) is 32.4 Å². The summed E-state index contributed by atoms with van der Waals surface area (Å²) in [5.41, 5.74) is 1.16. The Morgan fingerprint density at radius 1 is 1.16 bits per heavy atom. The third-order valence-electron chi connectivity index (χ3n) is 4.38. The molecule has 0 amide bonds. The number of nitrogens with one attached hydrogen (secondary N) is 2. The molecule has 0 aromatic heterocycles. The average Bonchev–Trinajstić information content (AvgIpc) is 2.64. The minimum atomic E-state index is -0.0104. The van der Waals surface area contributed by atoms with Gasteiger partial charge in [-0.25, -0.2) is 0 Å². The van der Waals surface area contributed by atoms with Crippen molar-refractivity contribution in [3.8, 4) is 0 Å². The average molecular weight is 460 g/mol. The summed E-state index contributed by atoms with van der Waals surface area (Å²) in [7, 11) is 1.74. The molecule has 2 N–H and O–H groups in total. The molecule has 0 saturated carbocycles. The SMILES string of the molecule is CCNC(=NCC(OC)c1ccccc1)NCCN1CCCCC1.I. The van der Waals surface area contributed by atoms with Gasteiger partial charge in [-0.1, -0.05) is 36.8 Å². The summed E-state index contributed by atoms with van der Waals surface area (Å²) < 4.78 is 5.59. The quantitative estimate of drug-likeness (QED) is 0.356. The maximum Gasteiger partial charge on any atom is 0.191 e. The van der Waals surface area contributed by atoms with Gasteiger partial charge in [0, 0.05) is 26.7 Å². The molecule has 5 nitrogen and oxygen atoms in total. The molecule has 142 valence electrons. The highest BCUT2D eigenvalue weighted by atomic mass is 127. The molecule has 1 aliphatic heterocycles. The second-order valence-electron chi connectivity index (χ2n) is 6.18. The van der Waals surface area contributed by atoms with E-state index in [9.17, 15) is 0 Å². The molecule has 1 aromatic rings. The lowest BCUT2D eigenvalue weighted by Crippen LogP contribution is -2.42. The molecule has 0 bridgehead atoms. The number of halogens is 1.